The standard InChI is InChI=1S/C12H8N4O3S2/c17-11(18)7-4-13-6-14-8(7)5-21-12-16-15-10(19-12)9-2-1-3-20-9/h1-4,6H,5H2,(H,17,18). The quantitative estimate of drug-likeness (QED) is 0.716. The van der Waals surface area contributed by atoms with E-state index in [1.807, 2.05) is 17.5 Å². The SMILES string of the molecule is O=C(O)c1cncnc1CSc1nnc(-c2cccs2)o1. The highest BCUT2D eigenvalue weighted by Gasteiger charge is 2.14. The van der Waals surface area contributed by atoms with Gasteiger partial charge in [0, 0.05) is 11.9 Å². The van der Waals surface area contributed by atoms with E-state index in [1.54, 1.807) is 0 Å². The molecule has 0 saturated carbocycles. The smallest absolute Gasteiger partial charge is 0.339 e. The van der Waals surface area contributed by atoms with E-state index in [2.05, 4.69) is 20.2 Å². The van der Waals surface area contributed by atoms with Gasteiger partial charge in [0.2, 0.25) is 0 Å². The Labute approximate surface area is 127 Å². The number of nitrogens with zero attached hydrogens (tertiary/aromatic N) is 4. The summed E-state index contributed by atoms with van der Waals surface area (Å²) >= 11 is 2.74. The van der Waals surface area contributed by atoms with E-state index in [9.17, 15) is 4.79 Å². The van der Waals surface area contributed by atoms with Crippen molar-refractivity contribution in [2.75, 3.05) is 0 Å². The Morgan fingerprint density at radius 3 is 3.10 bits per heavy atom. The molecule has 3 aromatic rings. The summed E-state index contributed by atoms with van der Waals surface area (Å²) in [6.07, 6.45) is 2.59. The van der Waals surface area contributed by atoms with Crippen molar-refractivity contribution >= 4 is 29.1 Å². The summed E-state index contributed by atoms with van der Waals surface area (Å²) in [6.45, 7) is 0. The van der Waals surface area contributed by atoms with Gasteiger partial charge in [-0.1, -0.05) is 17.8 Å². The fourth-order valence-electron chi connectivity index (χ4n) is 1.55. The molecule has 7 nitrogen and oxygen atoms in total. The number of rotatable bonds is 5. The number of hydrogen-bond donors (Lipinski definition) is 1. The van der Waals surface area contributed by atoms with Crippen molar-refractivity contribution < 1.29 is 14.3 Å². The number of aromatic nitrogens is 4. The van der Waals surface area contributed by atoms with Gasteiger partial charge in [-0.25, -0.2) is 14.8 Å². The lowest BCUT2D eigenvalue weighted by Gasteiger charge is -2.01. The van der Waals surface area contributed by atoms with Gasteiger partial charge in [-0.15, -0.1) is 21.5 Å². The van der Waals surface area contributed by atoms with Crippen molar-refractivity contribution in [3.8, 4) is 10.8 Å². The van der Waals surface area contributed by atoms with E-state index in [4.69, 9.17) is 9.52 Å². The maximum atomic E-state index is 11.1. The predicted octanol–water partition coefficient (Wildman–Crippen LogP) is 2.58. The van der Waals surface area contributed by atoms with Crippen molar-refractivity contribution in [3.05, 3.63) is 41.3 Å². The molecule has 3 rings (SSSR count). The minimum atomic E-state index is -1.06. The van der Waals surface area contributed by atoms with E-state index < -0.39 is 5.97 Å². The van der Waals surface area contributed by atoms with E-state index >= 15 is 0 Å². The Bertz CT molecular complexity index is 757. The fourth-order valence-corrected chi connectivity index (χ4v) is 2.92. The molecule has 3 aromatic heterocycles. The van der Waals surface area contributed by atoms with E-state index in [0.717, 1.165) is 4.88 Å². The Morgan fingerprint density at radius 1 is 1.43 bits per heavy atom. The predicted molar refractivity (Wildman–Crippen MR) is 76.2 cm³/mol. The number of thioether (sulfide) groups is 1. The molecular weight excluding hydrogens is 312 g/mol. The van der Waals surface area contributed by atoms with Crippen LogP contribution in [0.25, 0.3) is 10.8 Å². The lowest BCUT2D eigenvalue weighted by atomic mass is 10.2. The summed E-state index contributed by atoms with van der Waals surface area (Å²) < 4.78 is 5.51. The maximum absolute atomic E-state index is 11.1. The molecule has 0 amide bonds. The monoisotopic (exact) mass is 320 g/mol. The lowest BCUT2D eigenvalue weighted by Crippen LogP contribution is -2.04. The van der Waals surface area contributed by atoms with Crippen LogP contribution in [0.5, 0.6) is 0 Å². The second kappa shape index (κ2) is 6.02. The number of carbonyl (C=O) groups is 1. The first kappa shape index (κ1) is 13.7. The summed E-state index contributed by atoms with van der Waals surface area (Å²) in [5, 5.41) is 19.2. The molecule has 0 aromatic carbocycles. The van der Waals surface area contributed by atoms with Gasteiger partial charge in [-0.05, 0) is 11.4 Å². The van der Waals surface area contributed by atoms with Crippen LogP contribution in [0.2, 0.25) is 0 Å². The topological polar surface area (TPSA) is 102 Å². The number of carboxylic acid groups (broad SMARTS) is 1. The Kier molecular flexibility index (Phi) is 3.93. The molecule has 0 radical (unpaired) electrons. The molecule has 3 heterocycles. The van der Waals surface area contributed by atoms with E-state index in [-0.39, 0.29) is 5.56 Å². The van der Waals surface area contributed by atoms with E-state index in [1.165, 1.54) is 35.6 Å². The number of aromatic carboxylic acids is 1. The Balaban J connectivity index is 1.73. The highest BCUT2D eigenvalue weighted by atomic mass is 32.2. The van der Waals surface area contributed by atoms with Crippen molar-refractivity contribution in [2.24, 2.45) is 0 Å². The molecule has 0 spiro atoms. The number of carboxylic acids is 1. The summed E-state index contributed by atoms with van der Waals surface area (Å²) in [5.41, 5.74) is 0.487. The first-order chi connectivity index (χ1) is 10.2. The molecule has 0 bridgehead atoms. The molecular formula is C12H8N4O3S2. The lowest BCUT2D eigenvalue weighted by molar-refractivity contribution is 0.0695. The van der Waals surface area contributed by atoms with E-state index in [0.29, 0.717) is 22.6 Å². The van der Waals surface area contributed by atoms with Crippen molar-refractivity contribution in [2.45, 2.75) is 11.0 Å². The van der Waals surface area contributed by atoms with Crippen LogP contribution in [0.15, 0.2) is 39.7 Å². The largest absolute Gasteiger partial charge is 0.478 e. The first-order valence-corrected chi connectivity index (χ1v) is 7.63. The van der Waals surface area contributed by atoms with Crippen LogP contribution in [0, 0.1) is 0 Å². The van der Waals surface area contributed by atoms with Gasteiger partial charge in [0.1, 0.15) is 11.9 Å². The minimum absolute atomic E-state index is 0.0722. The van der Waals surface area contributed by atoms with Gasteiger partial charge in [0.05, 0.1) is 10.6 Å². The minimum Gasteiger partial charge on any atom is -0.478 e. The average Bonchev–Trinajstić information content (AvgIpc) is 3.16. The zero-order chi connectivity index (χ0) is 14.7. The van der Waals surface area contributed by atoms with Gasteiger partial charge in [0.25, 0.3) is 11.1 Å². The van der Waals surface area contributed by atoms with Gasteiger partial charge >= 0.3 is 5.97 Å². The van der Waals surface area contributed by atoms with Crippen LogP contribution in [0.1, 0.15) is 16.1 Å². The van der Waals surface area contributed by atoms with Crippen LogP contribution in [-0.4, -0.2) is 31.2 Å². The van der Waals surface area contributed by atoms with Gasteiger partial charge < -0.3 is 9.52 Å². The molecule has 0 atom stereocenters. The van der Waals surface area contributed by atoms with Crippen molar-refractivity contribution in [3.63, 3.8) is 0 Å². The van der Waals surface area contributed by atoms with Crippen LogP contribution in [0.3, 0.4) is 0 Å². The normalized spacial score (nSPS) is 10.7. The molecule has 0 fully saturated rings. The number of thiophene rings is 1. The molecule has 0 aliphatic carbocycles. The van der Waals surface area contributed by atoms with Crippen LogP contribution < -0.4 is 0 Å². The maximum Gasteiger partial charge on any atom is 0.339 e. The molecule has 1 N–H and O–H groups in total. The van der Waals surface area contributed by atoms with Gasteiger partial charge in [-0.3, -0.25) is 0 Å². The number of hydrogen-bond acceptors (Lipinski definition) is 8. The second-order valence-electron chi connectivity index (χ2n) is 3.83. The van der Waals surface area contributed by atoms with Crippen LogP contribution in [0.4, 0.5) is 0 Å². The van der Waals surface area contributed by atoms with Crippen LogP contribution >= 0.6 is 23.1 Å². The Morgan fingerprint density at radius 2 is 2.33 bits per heavy atom. The molecule has 0 unspecified atom stereocenters. The molecule has 9 heteroatoms. The van der Waals surface area contributed by atoms with Crippen molar-refractivity contribution in [1.82, 2.24) is 20.2 Å². The fraction of sp³-hybridized carbons (Fsp3) is 0.0833. The Hall–Kier alpha value is -2.26. The van der Waals surface area contributed by atoms with Gasteiger partial charge in [0.15, 0.2) is 0 Å². The van der Waals surface area contributed by atoms with Crippen LogP contribution in [-0.2, 0) is 5.75 Å². The third kappa shape index (κ3) is 3.09. The molecule has 21 heavy (non-hydrogen) atoms. The third-order valence-electron chi connectivity index (χ3n) is 2.50. The van der Waals surface area contributed by atoms with Crippen molar-refractivity contribution in [1.29, 1.82) is 0 Å². The molecule has 0 aliphatic rings. The van der Waals surface area contributed by atoms with Gasteiger partial charge in [-0.2, -0.15) is 0 Å². The summed E-state index contributed by atoms with van der Waals surface area (Å²) in [5.74, 6) is -0.291. The highest BCUT2D eigenvalue weighted by molar-refractivity contribution is 7.98. The summed E-state index contributed by atoms with van der Waals surface area (Å²) in [6, 6.07) is 3.79. The third-order valence-corrected chi connectivity index (χ3v) is 4.18. The summed E-state index contributed by atoms with van der Waals surface area (Å²) in [4.78, 5) is 19.6. The average molecular weight is 320 g/mol. The zero-order valence-electron chi connectivity index (χ0n) is 10.5. The zero-order valence-corrected chi connectivity index (χ0v) is 12.1. The highest BCUT2D eigenvalue weighted by Crippen LogP contribution is 2.28. The summed E-state index contributed by atoms with van der Waals surface area (Å²) in [7, 11) is 0. The first-order valence-electron chi connectivity index (χ1n) is 5.76. The second-order valence-corrected chi connectivity index (χ2v) is 5.70. The molecule has 0 saturated heterocycles. The molecule has 106 valence electrons. The molecule has 0 aliphatic heterocycles.